The topological polar surface area (TPSA) is 125 Å². The summed E-state index contributed by atoms with van der Waals surface area (Å²) in [6.45, 7) is 1.87. The maximum atomic E-state index is 10.7. The van der Waals surface area contributed by atoms with Gasteiger partial charge in [-0.1, -0.05) is 12.1 Å². The molecule has 0 saturated carbocycles. The number of phenols is 1. The summed E-state index contributed by atoms with van der Waals surface area (Å²) in [5.74, 6) is 0.265. The monoisotopic (exact) mass is 347 g/mol. The smallest absolute Gasteiger partial charge is 0.124 e. The molecule has 1 aromatic carbocycles. The fraction of sp³-hybridized carbons (Fsp3) is 0.444. The number of likely N-dealkylation sites (tertiary alicyclic amines) is 1. The third-order valence-electron chi connectivity index (χ3n) is 4.45. The molecule has 1 aliphatic heterocycles. The second-order valence-corrected chi connectivity index (χ2v) is 6.91. The van der Waals surface area contributed by atoms with Gasteiger partial charge in [-0.3, -0.25) is 0 Å². The minimum absolute atomic E-state index is 0.102. The minimum Gasteiger partial charge on any atom is -0.507 e. The number of phenolic OH excluding ortho intramolecular Hbond substituents is 1. The molecule has 7 nitrogen and oxygen atoms in total. The highest BCUT2D eigenvalue weighted by atomic mass is 16.3. The van der Waals surface area contributed by atoms with Crippen LogP contribution in [0.25, 0.3) is 5.70 Å². The van der Waals surface area contributed by atoms with Crippen LogP contribution in [0.2, 0.25) is 0 Å². The van der Waals surface area contributed by atoms with Crippen LogP contribution in [0.15, 0.2) is 41.9 Å². The van der Waals surface area contributed by atoms with E-state index in [1.165, 1.54) is 0 Å². The van der Waals surface area contributed by atoms with Gasteiger partial charge in [0.2, 0.25) is 0 Å². The molecule has 7 heteroatoms. The van der Waals surface area contributed by atoms with E-state index in [1.54, 1.807) is 30.3 Å². The summed E-state index contributed by atoms with van der Waals surface area (Å²) in [5, 5.41) is 20.6. The zero-order chi connectivity index (χ0) is 18.6. The Morgan fingerprint density at radius 3 is 2.32 bits per heavy atom. The second-order valence-electron chi connectivity index (χ2n) is 6.91. The minimum atomic E-state index is -0.707. The van der Waals surface area contributed by atoms with Gasteiger partial charge in [0.05, 0.1) is 11.3 Å². The summed E-state index contributed by atoms with van der Waals surface area (Å²) in [6, 6.07) is 6.84. The molecule has 138 valence electrons. The summed E-state index contributed by atoms with van der Waals surface area (Å²) in [5.41, 5.74) is 18.7. The molecule has 0 aliphatic carbocycles. The van der Waals surface area contributed by atoms with Gasteiger partial charge in [0.25, 0.3) is 0 Å². The second kappa shape index (κ2) is 7.67. The first kappa shape index (κ1) is 19.0. The van der Waals surface area contributed by atoms with Gasteiger partial charge in [0.15, 0.2) is 0 Å². The number of hydrogen-bond donors (Lipinski definition) is 5. The zero-order valence-corrected chi connectivity index (χ0v) is 14.9. The lowest BCUT2D eigenvalue weighted by molar-refractivity contribution is -0.0306. The number of nitrogens with two attached hydrogens (primary N) is 3. The molecule has 0 amide bonds. The zero-order valence-electron chi connectivity index (χ0n) is 14.9. The quantitative estimate of drug-likeness (QED) is 0.481. The molecule has 1 saturated heterocycles. The van der Waals surface area contributed by atoms with E-state index in [9.17, 15) is 10.2 Å². The van der Waals surface area contributed by atoms with Crippen molar-refractivity contribution >= 4 is 5.70 Å². The summed E-state index contributed by atoms with van der Waals surface area (Å²) in [6.07, 6.45) is 2.92. The average Bonchev–Trinajstić information content (AvgIpc) is 2.52. The number of benzene rings is 1. The first-order valence-corrected chi connectivity index (χ1v) is 8.35. The highest BCUT2D eigenvalue weighted by Gasteiger charge is 2.33. The number of rotatable bonds is 5. The molecular weight excluding hydrogens is 318 g/mol. The van der Waals surface area contributed by atoms with E-state index in [2.05, 4.69) is 0 Å². The number of piperidine rings is 1. The number of aromatic hydroxyl groups is 1. The van der Waals surface area contributed by atoms with Crippen LogP contribution in [0, 0.1) is 0 Å². The van der Waals surface area contributed by atoms with E-state index in [4.69, 9.17) is 17.2 Å². The van der Waals surface area contributed by atoms with Crippen molar-refractivity contribution in [1.29, 1.82) is 0 Å². The largest absolute Gasteiger partial charge is 0.507 e. The SMILES string of the molecule is CN(C)CC1(O)CCN(C(/C=C(\N)c2ccccc2O)=C(N)N)CC1. The molecule has 1 aliphatic rings. The Kier molecular flexibility index (Phi) is 5.81. The summed E-state index contributed by atoms with van der Waals surface area (Å²) in [4.78, 5) is 4.01. The number of para-hydroxylation sites is 1. The predicted molar refractivity (Wildman–Crippen MR) is 100.0 cm³/mol. The van der Waals surface area contributed by atoms with E-state index >= 15 is 0 Å². The van der Waals surface area contributed by atoms with Gasteiger partial charge in [0, 0.05) is 30.9 Å². The Labute approximate surface area is 149 Å². The van der Waals surface area contributed by atoms with Crippen LogP contribution in [0.3, 0.4) is 0 Å². The molecular formula is C18H29N5O2. The van der Waals surface area contributed by atoms with Crippen molar-refractivity contribution in [3.8, 4) is 5.75 Å². The van der Waals surface area contributed by atoms with Crippen LogP contribution in [0.4, 0.5) is 0 Å². The Morgan fingerprint density at radius 1 is 1.20 bits per heavy atom. The van der Waals surface area contributed by atoms with Gasteiger partial charge in [-0.15, -0.1) is 0 Å². The summed E-state index contributed by atoms with van der Waals surface area (Å²) < 4.78 is 0. The number of likely N-dealkylation sites (N-methyl/N-ethyl adjacent to an activating group) is 1. The van der Waals surface area contributed by atoms with Crippen molar-refractivity contribution in [1.82, 2.24) is 9.80 Å². The highest BCUT2D eigenvalue weighted by Crippen LogP contribution is 2.28. The standard InChI is InChI=1S/C18H29N5O2/c1-22(2)12-18(25)7-9-23(10-8-18)15(17(20)21)11-14(19)13-5-3-4-6-16(13)24/h3-6,11,24-25H,7-10,12,19-21H2,1-2H3/b14-11-. The number of hydrogen-bond acceptors (Lipinski definition) is 7. The molecule has 0 unspecified atom stereocenters. The summed E-state index contributed by atoms with van der Waals surface area (Å²) in [7, 11) is 3.90. The fourth-order valence-corrected chi connectivity index (χ4v) is 3.21. The third kappa shape index (κ3) is 4.80. The van der Waals surface area contributed by atoms with Gasteiger partial charge in [-0.25, -0.2) is 0 Å². The molecule has 1 fully saturated rings. The molecule has 1 aromatic rings. The molecule has 0 aromatic heterocycles. The van der Waals surface area contributed by atoms with Crippen LogP contribution in [0.5, 0.6) is 5.75 Å². The molecule has 8 N–H and O–H groups in total. The third-order valence-corrected chi connectivity index (χ3v) is 4.45. The van der Waals surface area contributed by atoms with Crippen molar-refractivity contribution in [3.63, 3.8) is 0 Å². The Morgan fingerprint density at radius 2 is 1.80 bits per heavy atom. The maximum Gasteiger partial charge on any atom is 0.124 e. The van der Waals surface area contributed by atoms with Gasteiger partial charge < -0.3 is 37.2 Å². The molecule has 1 heterocycles. The van der Waals surface area contributed by atoms with Crippen molar-refractivity contribution in [3.05, 3.63) is 47.4 Å². The molecule has 0 spiro atoms. The molecule has 0 atom stereocenters. The summed E-state index contributed by atoms with van der Waals surface area (Å²) >= 11 is 0. The molecule has 0 bridgehead atoms. The van der Waals surface area contributed by atoms with Crippen molar-refractivity contribution in [2.45, 2.75) is 18.4 Å². The number of allylic oxidation sites excluding steroid dienone is 1. The van der Waals surface area contributed by atoms with Gasteiger partial charge in [-0.05, 0) is 45.1 Å². The molecule has 25 heavy (non-hydrogen) atoms. The lowest BCUT2D eigenvalue weighted by atomic mass is 9.90. The van der Waals surface area contributed by atoms with Gasteiger partial charge in [-0.2, -0.15) is 0 Å². The van der Waals surface area contributed by atoms with Crippen LogP contribution < -0.4 is 17.2 Å². The van der Waals surface area contributed by atoms with Gasteiger partial charge >= 0.3 is 0 Å². The highest BCUT2D eigenvalue weighted by molar-refractivity contribution is 5.69. The lowest BCUT2D eigenvalue weighted by Gasteiger charge is -2.41. The van der Waals surface area contributed by atoms with Crippen molar-refractivity contribution in [2.24, 2.45) is 17.2 Å². The first-order chi connectivity index (χ1) is 11.7. The van der Waals surface area contributed by atoms with E-state index in [-0.39, 0.29) is 11.6 Å². The van der Waals surface area contributed by atoms with Crippen LogP contribution in [-0.4, -0.2) is 59.3 Å². The maximum absolute atomic E-state index is 10.7. The van der Waals surface area contributed by atoms with Crippen LogP contribution in [-0.2, 0) is 0 Å². The first-order valence-electron chi connectivity index (χ1n) is 8.35. The van der Waals surface area contributed by atoms with Crippen LogP contribution in [0.1, 0.15) is 18.4 Å². The number of aliphatic hydroxyl groups is 1. The van der Waals surface area contributed by atoms with E-state index in [1.807, 2.05) is 23.9 Å². The van der Waals surface area contributed by atoms with Gasteiger partial charge in [0.1, 0.15) is 11.6 Å². The van der Waals surface area contributed by atoms with E-state index in [0.29, 0.717) is 49.4 Å². The Bertz CT molecular complexity index is 657. The van der Waals surface area contributed by atoms with Crippen molar-refractivity contribution in [2.75, 3.05) is 33.7 Å². The Hall–Kier alpha value is -2.38. The Balaban J connectivity index is 2.17. The molecule has 2 rings (SSSR count). The predicted octanol–water partition coefficient (Wildman–Crippen LogP) is 0.167. The fourth-order valence-electron chi connectivity index (χ4n) is 3.21. The average molecular weight is 347 g/mol. The van der Waals surface area contributed by atoms with Crippen molar-refractivity contribution < 1.29 is 10.2 Å². The normalized spacial score (nSPS) is 17.6. The van der Waals surface area contributed by atoms with Crippen LogP contribution >= 0.6 is 0 Å². The molecule has 0 radical (unpaired) electrons. The number of nitrogens with zero attached hydrogens (tertiary/aromatic N) is 2. The lowest BCUT2D eigenvalue weighted by Crippen LogP contribution is -2.49. The van der Waals surface area contributed by atoms with E-state index in [0.717, 1.165) is 0 Å². The van der Waals surface area contributed by atoms with E-state index < -0.39 is 5.60 Å².